The van der Waals surface area contributed by atoms with E-state index in [1.165, 1.54) is 0 Å². The summed E-state index contributed by atoms with van der Waals surface area (Å²) in [5.74, 6) is 0. The van der Waals surface area contributed by atoms with Gasteiger partial charge in [0.15, 0.2) is 0 Å². The minimum absolute atomic E-state index is 0.172. The van der Waals surface area contributed by atoms with Crippen molar-refractivity contribution in [2.75, 3.05) is 0 Å². The highest BCUT2D eigenvalue weighted by atomic mass is 14.7. The molecular formula is C13H16N2. The van der Waals surface area contributed by atoms with E-state index in [9.17, 15) is 0 Å². The predicted octanol–water partition coefficient (Wildman–Crippen LogP) is 3.56. The first-order valence-corrected chi connectivity index (χ1v) is 4.55. The van der Waals surface area contributed by atoms with Gasteiger partial charge in [0.05, 0.1) is 0 Å². The van der Waals surface area contributed by atoms with Crippen molar-refractivity contribution in [1.82, 2.24) is 0 Å². The molecule has 0 N–H and O–H groups in total. The van der Waals surface area contributed by atoms with E-state index < -0.39 is 0 Å². The van der Waals surface area contributed by atoms with Crippen LogP contribution in [0.4, 0.5) is 0 Å². The van der Waals surface area contributed by atoms with Gasteiger partial charge < -0.3 is 0 Å². The molecule has 0 aliphatic heterocycles. The third kappa shape index (κ3) is 4.24. The molecule has 0 aromatic rings. The van der Waals surface area contributed by atoms with Crippen molar-refractivity contribution in [2.45, 2.75) is 20.8 Å². The second kappa shape index (κ2) is 5.77. The summed E-state index contributed by atoms with van der Waals surface area (Å²) in [6.45, 7) is 17.1. The molecule has 0 aromatic carbocycles. The van der Waals surface area contributed by atoms with Crippen LogP contribution in [0.2, 0.25) is 0 Å². The average molecular weight is 200 g/mol. The number of rotatable bonds is 4. The normalized spacial score (nSPS) is 9.47. The van der Waals surface area contributed by atoms with Crippen LogP contribution in [-0.4, -0.2) is 6.21 Å². The van der Waals surface area contributed by atoms with Gasteiger partial charge in [0.1, 0.15) is 11.8 Å². The van der Waals surface area contributed by atoms with Gasteiger partial charge in [0, 0.05) is 6.21 Å². The molecular weight excluding hydrogens is 184 g/mol. The third-order valence-electron chi connectivity index (χ3n) is 1.75. The largest absolute Gasteiger partial charge is 0.246 e. The van der Waals surface area contributed by atoms with Crippen molar-refractivity contribution < 1.29 is 0 Å². The topological polar surface area (TPSA) is 36.1 Å². The lowest BCUT2D eigenvalue weighted by Crippen LogP contribution is -1.94. The summed E-state index contributed by atoms with van der Waals surface area (Å²) in [6, 6.07) is 1.85. The highest BCUT2D eigenvalue weighted by Crippen LogP contribution is 2.19. The molecule has 0 saturated heterocycles. The summed E-state index contributed by atoms with van der Waals surface area (Å²) in [6.07, 6.45) is 1.54. The van der Waals surface area contributed by atoms with Gasteiger partial charge in [-0.25, -0.2) is 4.99 Å². The summed E-state index contributed by atoms with van der Waals surface area (Å²) in [5.41, 5.74) is 3.98. The first-order valence-electron chi connectivity index (χ1n) is 4.55. The van der Waals surface area contributed by atoms with Crippen LogP contribution in [0.5, 0.6) is 0 Å². The first kappa shape index (κ1) is 13.1. The molecule has 0 bridgehead atoms. The minimum atomic E-state index is 0.172. The Kier molecular flexibility index (Phi) is 5.04. The van der Waals surface area contributed by atoms with E-state index in [0.29, 0.717) is 0 Å². The SMILES string of the molecule is C=C(C#N)N=CC(=C)C(C(=C)C)=C(C)C. The minimum Gasteiger partial charge on any atom is -0.246 e. The predicted molar refractivity (Wildman–Crippen MR) is 65.6 cm³/mol. The van der Waals surface area contributed by atoms with Crippen LogP contribution in [0.25, 0.3) is 0 Å². The maximum Gasteiger partial charge on any atom is 0.133 e. The van der Waals surface area contributed by atoms with Gasteiger partial charge in [0.2, 0.25) is 0 Å². The Morgan fingerprint density at radius 3 is 2.07 bits per heavy atom. The second-order valence-corrected chi connectivity index (χ2v) is 3.50. The van der Waals surface area contributed by atoms with Crippen LogP contribution in [0.3, 0.4) is 0 Å². The lowest BCUT2D eigenvalue weighted by atomic mass is 9.98. The summed E-state index contributed by atoms with van der Waals surface area (Å²) in [4.78, 5) is 3.87. The molecule has 0 fully saturated rings. The van der Waals surface area contributed by atoms with Crippen molar-refractivity contribution in [2.24, 2.45) is 4.99 Å². The molecule has 0 aromatic heterocycles. The number of nitrogens with zero attached hydrogens (tertiary/aromatic N) is 2. The number of allylic oxidation sites excluding steroid dienone is 5. The molecule has 0 radical (unpaired) electrons. The molecule has 0 rings (SSSR count). The third-order valence-corrected chi connectivity index (χ3v) is 1.75. The second-order valence-electron chi connectivity index (χ2n) is 3.50. The summed E-state index contributed by atoms with van der Waals surface area (Å²) >= 11 is 0. The van der Waals surface area contributed by atoms with Crippen LogP contribution < -0.4 is 0 Å². The van der Waals surface area contributed by atoms with Crippen LogP contribution in [-0.2, 0) is 0 Å². The van der Waals surface area contributed by atoms with Crippen molar-refractivity contribution in [3.05, 3.63) is 47.7 Å². The van der Waals surface area contributed by atoms with Crippen molar-refractivity contribution in [3.63, 3.8) is 0 Å². The highest BCUT2D eigenvalue weighted by Gasteiger charge is 2.03. The van der Waals surface area contributed by atoms with E-state index >= 15 is 0 Å². The molecule has 0 saturated carbocycles. The van der Waals surface area contributed by atoms with Crippen LogP contribution in [0, 0.1) is 11.3 Å². The Morgan fingerprint density at radius 2 is 1.73 bits per heavy atom. The molecule has 0 amide bonds. The number of hydrogen-bond acceptors (Lipinski definition) is 2. The smallest absolute Gasteiger partial charge is 0.133 e. The van der Waals surface area contributed by atoms with Crippen molar-refractivity contribution in [3.8, 4) is 6.07 Å². The molecule has 2 nitrogen and oxygen atoms in total. The summed E-state index contributed by atoms with van der Waals surface area (Å²) in [5, 5.41) is 8.48. The van der Waals surface area contributed by atoms with E-state index in [1.54, 1.807) is 6.21 Å². The highest BCUT2D eigenvalue weighted by molar-refractivity contribution is 5.87. The molecule has 2 heteroatoms. The average Bonchev–Trinajstić information content (AvgIpc) is 2.12. The van der Waals surface area contributed by atoms with E-state index in [2.05, 4.69) is 24.7 Å². The van der Waals surface area contributed by atoms with Gasteiger partial charge in [-0.15, -0.1) is 0 Å². The van der Waals surface area contributed by atoms with E-state index in [-0.39, 0.29) is 5.70 Å². The molecule has 0 spiro atoms. The zero-order valence-corrected chi connectivity index (χ0v) is 9.59. The fourth-order valence-electron chi connectivity index (χ4n) is 1.27. The Bertz CT molecular complexity index is 397. The van der Waals surface area contributed by atoms with E-state index in [1.807, 2.05) is 26.8 Å². The standard InChI is InChI=1S/C13H16N2/c1-9(2)13(10(3)4)11(5)8-15-12(6)7-14/h8H,1,5-6H2,2-4H3. The van der Waals surface area contributed by atoms with Gasteiger partial charge in [-0.2, -0.15) is 5.26 Å². The molecule has 0 heterocycles. The van der Waals surface area contributed by atoms with Gasteiger partial charge in [0.25, 0.3) is 0 Å². The van der Waals surface area contributed by atoms with E-state index in [4.69, 9.17) is 5.26 Å². The van der Waals surface area contributed by atoms with Crippen LogP contribution >= 0.6 is 0 Å². The van der Waals surface area contributed by atoms with Crippen LogP contribution in [0.1, 0.15) is 20.8 Å². The monoisotopic (exact) mass is 200 g/mol. The lowest BCUT2D eigenvalue weighted by Gasteiger charge is -2.08. The van der Waals surface area contributed by atoms with Gasteiger partial charge in [-0.05, 0) is 31.9 Å². The summed E-state index contributed by atoms with van der Waals surface area (Å²) in [7, 11) is 0. The lowest BCUT2D eigenvalue weighted by molar-refractivity contribution is 1.27. The molecule has 0 unspecified atom stereocenters. The fraction of sp³-hybridized carbons (Fsp3) is 0.231. The van der Waals surface area contributed by atoms with Crippen LogP contribution in [0.15, 0.2) is 52.7 Å². The molecule has 0 aliphatic carbocycles. The maximum atomic E-state index is 8.48. The fourth-order valence-corrected chi connectivity index (χ4v) is 1.27. The molecule has 0 atom stereocenters. The molecule has 0 aliphatic rings. The number of hydrogen-bond donors (Lipinski definition) is 0. The quantitative estimate of drug-likeness (QED) is 0.388. The Morgan fingerprint density at radius 1 is 1.20 bits per heavy atom. The van der Waals surface area contributed by atoms with Gasteiger partial charge >= 0.3 is 0 Å². The Balaban J connectivity index is 4.96. The van der Waals surface area contributed by atoms with Gasteiger partial charge in [-0.1, -0.05) is 30.9 Å². The van der Waals surface area contributed by atoms with Crippen molar-refractivity contribution >= 4 is 6.21 Å². The Hall–Kier alpha value is -1.88. The van der Waals surface area contributed by atoms with Crippen molar-refractivity contribution in [1.29, 1.82) is 5.26 Å². The molecule has 15 heavy (non-hydrogen) atoms. The number of aliphatic imine (C=N–C) groups is 1. The zero-order chi connectivity index (χ0) is 12.0. The zero-order valence-electron chi connectivity index (χ0n) is 9.59. The Labute approximate surface area is 91.6 Å². The van der Waals surface area contributed by atoms with E-state index in [0.717, 1.165) is 22.3 Å². The first-order chi connectivity index (χ1) is 6.90. The number of nitriles is 1. The summed E-state index contributed by atoms with van der Waals surface area (Å²) < 4.78 is 0. The van der Waals surface area contributed by atoms with Gasteiger partial charge in [-0.3, -0.25) is 0 Å². The molecule has 78 valence electrons. The maximum absolute atomic E-state index is 8.48.